The number of carbonyl (C=O) groups is 1. The number of nitrogens with zero attached hydrogens (tertiary/aromatic N) is 2. The van der Waals surface area contributed by atoms with Gasteiger partial charge < -0.3 is 5.73 Å². The van der Waals surface area contributed by atoms with E-state index in [-0.39, 0.29) is 6.41 Å². The number of amides is 1. The van der Waals surface area contributed by atoms with Crippen LogP contribution in [0.15, 0.2) is 84.9 Å². The van der Waals surface area contributed by atoms with E-state index >= 15 is 0 Å². The van der Waals surface area contributed by atoms with Crippen molar-refractivity contribution in [3.05, 3.63) is 84.9 Å². The van der Waals surface area contributed by atoms with Crippen molar-refractivity contribution in [2.24, 2.45) is 5.73 Å². The van der Waals surface area contributed by atoms with Crippen LogP contribution in [0, 0.1) is 0 Å². The van der Waals surface area contributed by atoms with Crippen LogP contribution in [-0.2, 0) is 4.79 Å². The molecule has 0 aliphatic heterocycles. The summed E-state index contributed by atoms with van der Waals surface area (Å²) < 4.78 is 2.01. The average molecular weight is 315 g/mol. The summed E-state index contributed by atoms with van der Waals surface area (Å²) in [7, 11) is 0. The van der Waals surface area contributed by atoms with E-state index in [4.69, 9.17) is 9.89 Å². The topological polar surface area (TPSA) is 60.9 Å². The van der Waals surface area contributed by atoms with Gasteiger partial charge in [0.1, 0.15) is 5.69 Å². The number of para-hydroxylation sites is 2. The molecule has 0 radical (unpaired) electrons. The van der Waals surface area contributed by atoms with Crippen molar-refractivity contribution in [3.63, 3.8) is 0 Å². The van der Waals surface area contributed by atoms with Crippen molar-refractivity contribution in [2.45, 2.75) is 0 Å². The van der Waals surface area contributed by atoms with E-state index in [0.717, 1.165) is 22.5 Å². The van der Waals surface area contributed by atoms with Crippen LogP contribution < -0.4 is 5.73 Å². The van der Waals surface area contributed by atoms with Crippen molar-refractivity contribution in [1.29, 1.82) is 0 Å². The number of hydrogen-bond acceptors (Lipinski definition) is 2. The fraction of sp³-hybridized carbons (Fsp3) is 0. The Balaban J connectivity index is 0.000000526. The largest absolute Gasteiger partial charge is 0.372 e. The summed E-state index contributed by atoms with van der Waals surface area (Å²) in [5.41, 5.74) is 8.54. The van der Waals surface area contributed by atoms with Gasteiger partial charge in [-0.25, -0.2) is 4.68 Å². The molecule has 2 N–H and O–H groups in total. The van der Waals surface area contributed by atoms with E-state index < -0.39 is 0 Å². The van der Waals surface area contributed by atoms with E-state index in [1.165, 1.54) is 5.39 Å². The van der Waals surface area contributed by atoms with Crippen molar-refractivity contribution in [1.82, 2.24) is 9.78 Å². The van der Waals surface area contributed by atoms with Crippen LogP contribution in [-0.4, -0.2) is 16.2 Å². The molecule has 0 spiro atoms. The van der Waals surface area contributed by atoms with E-state index in [1.54, 1.807) is 0 Å². The zero-order valence-electron chi connectivity index (χ0n) is 13.0. The molecule has 4 aromatic rings. The zero-order chi connectivity index (χ0) is 16.8. The number of aromatic nitrogens is 2. The smallest absolute Gasteiger partial charge is 0.204 e. The van der Waals surface area contributed by atoms with Gasteiger partial charge >= 0.3 is 0 Å². The fourth-order valence-electron chi connectivity index (χ4n) is 2.64. The van der Waals surface area contributed by atoms with Gasteiger partial charge in [0.2, 0.25) is 6.41 Å². The number of rotatable bonds is 2. The number of nitrogens with two attached hydrogens (primary N) is 1. The Kier molecular flexibility index (Phi) is 4.68. The molecule has 0 fully saturated rings. The van der Waals surface area contributed by atoms with Crippen LogP contribution in [0.1, 0.15) is 0 Å². The summed E-state index contributed by atoms with van der Waals surface area (Å²) in [6.45, 7) is 0. The summed E-state index contributed by atoms with van der Waals surface area (Å²) in [6.07, 6.45) is 0.250. The van der Waals surface area contributed by atoms with E-state index in [2.05, 4.69) is 54.3 Å². The molecule has 4 heteroatoms. The fourth-order valence-corrected chi connectivity index (χ4v) is 2.64. The van der Waals surface area contributed by atoms with Crippen molar-refractivity contribution < 1.29 is 4.79 Å². The second-order valence-corrected chi connectivity index (χ2v) is 5.12. The van der Waals surface area contributed by atoms with Gasteiger partial charge in [0.05, 0.1) is 11.2 Å². The molecule has 4 nitrogen and oxygen atoms in total. The van der Waals surface area contributed by atoms with Gasteiger partial charge in [0.25, 0.3) is 0 Å². The van der Waals surface area contributed by atoms with Gasteiger partial charge in [0.15, 0.2) is 0 Å². The normalized spacial score (nSPS) is 10.0. The second-order valence-electron chi connectivity index (χ2n) is 5.12. The van der Waals surface area contributed by atoms with E-state index in [0.29, 0.717) is 0 Å². The highest BCUT2D eigenvalue weighted by Gasteiger charge is 2.12. The first kappa shape index (κ1) is 15.5. The Labute approximate surface area is 140 Å². The number of fused-ring (bicyclic) bond motifs is 1. The lowest BCUT2D eigenvalue weighted by Crippen LogP contribution is -1.95. The molecule has 0 atom stereocenters. The highest BCUT2D eigenvalue weighted by molar-refractivity contribution is 5.94. The lowest BCUT2D eigenvalue weighted by Gasteiger charge is -2.02. The highest BCUT2D eigenvalue weighted by atomic mass is 16.1. The molecular formula is C20H17N3O. The van der Waals surface area contributed by atoms with Gasteiger partial charge in [-0.15, -0.1) is 0 Å². The first-order chi connectivity index (χ1) is 11.8. The first-order valence-electron chi connectivity index (χ1n) is 7.59. The van der Waals surface area contributed by atoms with Crippen LogP contribution in [0.4, 0.5) is 0 Å². The third-order valence-corrected chi connectivity index (χ3v) is 3.64. The highest BCUT2D eigenvalue weighted by Crippen LogP contribution is 2.29. The number of hydrogen-bond donors (Lipinski definition) is 1. The molecule has 0 aliphatic carbocycles. The lowest BCUT2D eigenvalue weighted by atomic mass is 10.1. The molecule has 0 bridgehead atoms. The van der Waals surface area contributed by atoms with Crippen molar-refractivity contribution in [2.75, 3.05) is 0 Å². The molecule has 1 aromatic heterocycles. The van der Waals surface area contributed by atoms with Crippen molar-refractivity contribution in [3.8, 4) is 16.9 Å². The minimum absolute atomic E-state index is 0.250. The van der Waals surface area contributed by atoms with E-state index in [1.807, 2.05) is 41.1 Å². The third-order valence-electron chi connectivity index (χ3n) is 3.64. The maximum Gasteiger partial charge on any atom is 0.204 e. The summed E-state index contributed by atoms with van der Waals surface area (Å²) in [4.78, 5) is 8.58. The summed E-state index contributed by atoms with van der Waals surface area (Å²) >= 11 is 0. The lowest BCUT2D eigenvalue weighted by molar-refractivity contribution is -0.106. The van der Waals surface area contributed by atoms with Gasteiger partial charge in [0, 0.05) is 10.9 Å². The Hall–Kier alpha value is -3.40. The summed E-state index contributed by atoms with van der Waals surface area (Å²) in [5, 5.41) is 6.02. The first-order valence-corrected chi connectivity index (χ1v) is 7.59. The summed E-state index contributed by atoms with van der Waals surface area (Å²) in [6, 6.07) is 28.9. The quantitative estimate of drug-likeness (QED) is 0.572. The number of carbonyl (C=O) groups excluding carboxylic acids is 1. The van der Waals surface area contributed by atoms with Gasteiger partial charge in [-0.2, -0.15) is 5.10 Å². The predicted octanol–water partition coefficient (Wildman–Crippen LogP) is 3.79. The van der Waals surface area contributed by atoms with Crippen LogP contribution in [0.25, 0.3) is 27.8 Å². The SMILES string of the molecule is NC=O.c1ccc(-c2nn(-c3ccccc3)c3ccccc23)cc1. The maximum absolute atomic E-state index is 8.58. The second kappa shape index (κ2) is 7.24. The van der Waals surface area contributed by atoms with Crippen LogP contribution >= 0.6 is 0 Å². The Bertz CT molecular complexity index is 857. The molecule has 1 amide bonds. The molecule has 24 heavy (non-hydrogen) atoms. The summed E-state index contributed by atoms with van der Waals surface area (Å²) in [5.74, 6) is 0. The molecule has 0 saturated carbocycles. The van der Waals surface area contributed by atoms with Crippen LogP contribution in [0.5, 0.6) is 0 Å². The monoisotopic (exact) mass is 315 g/mol. The standard InChI is InChI=1S/C19H14N2.CH3NO/c1-3-9-15(10-4-1)19-17-13-7-8-14-18(17)21(20-19)16-11-5-2-6-12-16;2-1-3/h1-14H;1H,(H2,2,3). The minimum Gasteiger partial charge on any atom is -0.372 e. The Morgan fingerprint density at radius 2 is 1.33 bits per heavy atom. The Morgan fingerprint density at radius 1 is 0.792 bits per heavy atom. The Morgan fingerprint density at radius 3 is 2.00 bits per heavy atom. The molecule has 0 aliphatic rings. The molecule has 4 rings (SSSR count). The average Bonchev–Trinajstić information content (AvgIpc) is 3.04. The third kappa shape index (κ3) is 3.03. The number of primary amides is 1. The maximum atomic E-state index is 8.58. The van der Waals surface area contributed by atoms with Gasteiger partial charge in [-0.1, -0.05) is 66.7 Å². The molecule has 118 valence electrons. The number of benzene rings is 3. The molecule has 0 unspecified atom stereocenters. The molecule has 0 saturated heterocycles. The van der Waals surface area contributed by atoms with Crippen LogP contribution in [0.2, 0.25) is 0 Å². The van der Waals surface area contributed by atoms with Gasteiger partial charge in [-0.05, 0) is 18.2 Å². The van der Waals surface area contributed by atoms with E-state index in [9.17, 15) is 0 Å². The van der Waals surface area contributed by atoms with Gasteiger partial charge in [-0.3, -0.25) is 4.79 Å². The van der Waals surface area contributed by atoms with Crippen molar-refractivity contribution >= 4 is 17.3 Å². The minimum atomic E-state index is 0.250. The predicted molar refractivity (Wildman–Crippen MR) is 96.8 cm³/mol. The molecule has 3 aromatic carbocycles. The molecular weight excluding hydrogens is 298 g/mol. The van der Waals surface area contributed by atoms with Crippen LogP contribution in [0.3, 0.4) is 0 Å². The zero-order valence-corrected chi connectivity index (χ0v) is 13.0. The molecule has 1 heterocycles.